The van der Waals surface area contributed by atoms with Crippen molar-refractivity contribution in [3.63, 3.8) is 0 Å². The number of nitrogens with one attached hydrogen (secondary N) is 1. The van der Waals surface area contributed by atoms with Crippen LogP contribution in [0.2, 0.25) is 0 Å². The van der Waals surface area contributed by atoms with Crippen LogP contribution in [0.5, 0.6) is 0 Å². The lowest BCUT2D eigenvalue weighted by molar-refractivity contribution is 0.103. The van der Waals surface area contributed by atoms with Gasteiger partial charge in [-0.2, -0.15) is 0 Å². The van der Waals surface area contributed by atoms with Crippen molar-refractivity contribution in [3.8, 4) is 0 Å². The van der Waals surface area contributed by atoms with Crippen LogP contribution in [0.1, 0.15) is 45.3 Å². The first-order chi connectivity index (χ1) is 10.6. The molecule has 0 unspecified atom stereocenters. The Morgan fingerprint density at radius 2 is 2.14 bits per heavy atom. The minimum absolute atomic E-state index is 0.169. The molecule has 0 atom stereocenters. The number of nitrogens with zero attached hydrogens (tertiary/aromatic N) is 2. The van der Waals surface area contributed by atoms with Gasteiger partial charge in [-0.15, -0.1) is 11.3 Å². The molecule has 1 fully saturated rings. The van der Waals surface area contributed by atoms with Gasteiger partial charge in [-0.05, 0) is 37.5 Å². The van der Waals surface area contributed by atoms with E-state index in [-0.39, 0.29) is 16.9 Å². The predicted molar refractivity (Wildman–Crippen MR) is 85.8 cm³/mol. The number of thiazole rings is 1. The normalized spacial score (nSPS) is 14.6. The summed E-state index contributed by atoms with van der Waals surface area (Å²) in [5.74, 6) is 0.357. The van der Waals surface area contributed by atoms with Crippen molar-refractivity contribution in [2.24, 2.45) is 7.05 Å². The zero-order valence-corrected chi connectivity index (χ0v) is 13.2. The molecule has 4 rings (SSSR count). The zero-order valence-electron chi connectivity index (χ0n) is 12.3. The first-order valence-electron chi connectivity index (χ1n) is 7.25. The SMILES string of the molecule is Cc1c(C(=O)c2c[nH]n(C)c2=O)ccc2sc(C3CC3)nc12. The molecule has 0 saturated heterocycles. The molecule has 3 aromatic rings. The first kappa shape index (κ1) is 13.5. The molecule has 2 aromatic heterocycles. The summed E-state index contributed by atoms with van der Waals surface area (Å²) in [5, 5.41) is 3.91. The molecule has 1 aromatic carbocycles. The molecule has 0 radical (unpaired) electrons. The molecule has 5 nitrogen and oxygen atoms in total. The van der Waals surface area contributed by atoms with E-state index in [9.17, 15) is 9.59 Å². The van der Waals surface area contributed by atoms with Crippen LogP contribution in [0.4, 0.5) is 0 Å². The van der Waals surface area contributed by atoms with Gasteiger partial charge in [0.2, 0.25) is 5.78 Å². The molecule has 1 aliphatic carbocycles. The number of hydrogen-bond donors (Lipinski definition) is 1. The van der Waals surface area contributed by atoms with Crippen LogP contribution < -0.4 is 5.56 Å². The summed E-state index contributed by atoms with van der Waals surface area (Å²) >= 11 is 1.71. The maximum atomic E-state index is 12.6. The molecular weight excluding hydrogens is 298 g/mol. The van der Waals surface area contributed by atoms with Crippen molar-refractivity contribution >= 4 is 27.3 Å². The topological polar surface area (TPSA) is 67.8 Å². The smallest absolute Gasteiger partial charge is 0.277 e. The Kier molecular flexibility index (Phi) is 2.84. The van der Waals surface area contributed by atoms with Gasteiger partial charge in [-0.1, -0.05) is 0 Å². The third-order valence-electron chi connectivity index (χ3n) is 4.18. The van der Waals surface area contributed by atoms with E-state index in [1.165, 1.54) is 28.7 Å². The minimum atomic E-state index is -0.304. The van der Waals surface area contributed by atoms with E-state index in [2.05, 4.69) is 5.10 Å². The number of aryl methyl sites for hydroxylation is 2. The lowest BCUT2D eigenvalue weighted by atomic mass is 10.0. The monoisotopic (exact) mass is 313 g/mol. The molecule has 1 aliphatic rings. The van der Waals surface area contributed by atoms with Crippen LogP contribution in [-0.4, -0.2) is 20.5 Å². The number of hydrogen-bond acceptors (Lipinski definition) is 4. The third-order valence-corrected chi connectivity index (χ3v) is 5.37. The van der Waals surface area contributed by atoms with Gasteiger partial charge in [0.25, 0.3) is 5.56 Å². The number of fused-ring (bicyclic) bond motifs is 1. The van der Waals surface area contributed by atoms with Crippen LogP contribution in [0.3, 0.4) is 0 Å². The van der Waals surface area contributed by atoms with Crippen molar-refractivity contribution < 1.29 is 4.79 Å². The second-order valence-corrected chi connectivity index (χ2v) is 6.85. The summed E-state index contributed by atoms with van der Waals surface area (Å²) in [6, 6.07) is 3.75. The Balaban J connectivity index is 1.84. The summed E-state index contributed by atoms with van der Waals surface area (Å²) < 4.78 is 2.41. The molecule has 2 heterocycles. The Hall–Kier alpha value is -2.21. The fourth-order valence-corrected chi connectivity index (χ4v) is 3.86. The molecule has 0 aliphatic heterocycles. The van der Waals surface area contributed by atoms with Gasteiger partial charge in [0, 0.05) is 24.7 Å². The number of carbonyl (C=O) groups is 1. The molecule has 0 bridgehead atoms. The van der Waals surface area contributed by atoms with Crippen molar-refractivity contribution in [1.29, 1.82) is 0 Å². The van der Waals surface area contributed by atoms with E-state index in [1.54, 1.807) is 24.5 Å². The van der Waals surface area contributed by atoms with Gasteiger partial charge in [0.1, 0.15) is 5.56 Å². The maximum Gasteiger partial charge on any atom is 0.277 e. The third kappa shape index (κ3) is 1.94. The average Bonchev–Trinajstić information content (AvgIpc) is 3.18. The lowest BCUT2D eigenvalue weighted by Crippen LogP contribution is -2.19. The highest BCUT2D eigenvalue weighted by Gasteiger charge is 2.28. The summed E-state index contributed by atoms with van der Waals surface area (Å²) in [6.45, 7) is 1.91. The molecule has 22 heavy (non-hydrogen) atoms. The van der Waals surface area contributed by atoms with Crippen molar-refractivity contribution in [1.82, 2.24) is 14.8 Å². The van der Waals surface area contributed by atoms with Gasteiger partial charge in [0.05, 0.1) is 15.2 Å². The van der Waals surface area contributed by atoms with Crippen LogP contribution in [0.15, 0.2) is 23.1 Å². The van der Waals surface area contributed by atoms with E-state index >= 15 is 0 Å². The highest BCUT2D eigenvalue weighted by molar-refractivity contribution is 7.18. The highest BCUT2D eigenvalue weighted by atomic mass is 32.1. The highest BCUT2D eigenvalue weighted by Crippen LogP contribution is 2.43. The fourth-order valence-electron chi connectivity index (χ4n) is 2.66. The number of carbonyl (C=O) groups excluding carboxylic acids is 1. The number of aromatic nitrogens is 3. The summed E-state index contributed by atoms with van der Waals surface area (Å²) in [5.41, 5.74) is 2.17. The quantitative estimate of drug-likeness (QED) is 0.756. The predicted octanol–water partition coefficient (Wildman–Crippen LogP) is 2.74. The molecule has 112 valence electrons. The minimum Gasteiger partial charge on any atom is -0.302 e. The molecular formula is C16H15N3O2S. The summed E-state index contributed by atoms with van der Waals surface area (Å²) in [7, 11) is 1.59. The van der Waals surface area contributed by atoms with Gasteiger partial charge in [-0.3, -0.25) is 14.3 Å². The second kappa shape index (κ2) is 4.64. The largest absolute Gasteiger partial charge is 0.302 e. The second-order valence-electron chi connectivity index (χ2n) is 5.79. The van der Waals surface area contributed by atoms with Crippen molar-refractivity contribution in [3.05, 3.63) is 50.4 Å². The number of benzene rings is 1. The molecule has 0 spiro atoms. The molecule has 1 N–H and O–H groups in total. The lowest BCUT2D eigenvalue weighted by Gasteiger charge is -2.03. The number of ketones is 1. The Bertz CT molecular complexity index is 960. The van der Waals surface area contributed by atoms with Crippen LogP contribution >= 0.6 is 11.3 Å². The van der Waals surface area contributed by atoms with E-state index in [4.69, 9.17) is 4.98 Å². The van der Waals surface area contributed by atoms with E-state index in [1.807, 2.05) is 13.0 Å². The van der Waals surface area contributed by atoms with Gasteiger partial charge in [-0.25, -0.2) is 4.98 Å². The van der Waals surface area contributed by atoms with Gasteiger partial charge in [0.15, 0.2) is 0 Å². The maximum absolute atomic E-state index is 12.6. The molecule has 1 saturated carbocycles. The number of aromatic amines is 1. The van der Waals surface area contributed by atoms with E-state index < -0.39 is 0 Å². The number of rotatable bonds is 3. The van der Waals surface area contributed by atoms with E-state index in [0.29, 0.717) is 11.5 Å². The van der Waals surface area contributed by atoms with Gasteiger partial charge < -0.3 is 5.10 Å². The zero-order chi connectivity index (χ0) is 15.4. The van der Waals surface area contributed by atoms with E-state index in [0.717, 1.165) is 15.8 Å². The Morgan fingerprint density at radius 3 is 2.77 bits per heavy atom. The molecule has 0 amide bonds. The fraction of sp³-hybridized carbons (Fsp3) is 0.312. The average molecular weight is 313 g/mol. The standard InChI is InChI=1S/C16H15N3O2S/c1-8-10(14(20)11-7-17-19(2)16(11)21)5-6-12-13(8)18-15(22-12)9-3-4-9/h5-7,9,17H,3-4H2,1-2H3. The van der Waals surface area contributed by atoms with Crippen LogP contribution in [-0.2, 0) is 7.05 Å². The van der Waals surface area contributed by atoms with Gasteiger partial charge >= 0.3 is 0 Å². The van der Waals surface area contributed by atoms with Crippen LogP contribution in [0, 0.1) is 6.92 Å². The Labute approximate surface area is 130 Å². The number of H-pyrrole nitrogens is 1. The molecule has 6 heteroatoms. The summed E-state index contributed by atoms with van der Waals surface area (Å²) in [4.78, 5) is 29.3. The first-order valence-corrected chi connectivity index (χ1v) is 8.07. The Morgan fingerprint density at radius 1 is 1.36 bits per heavy atom. The summed E-state index contributed by atoms with van der Waals surface area (Å²) in [6.07, 6.45) is 3.89. The van der Waals surface area contributed by atoms with Crippen LogP contribution in [0.25, 0.3) is 10.2 Å². The van der Waals surface area contributed by atoms with Crippen molar-refractivity contribution in [2.75, 3.05) is 0 Å². The van der Waals surface area contributed by atoms with Crippen molar-refractivity contribution in [2.45, 2.75) is 25.7 Å².